The monoisotopic (exact) mass is 415 g/mol. The number of carbonyl (C=O) groups excluding carboxylic acids is 1. The fourth-order valence-corrected chi connectivity index (χ4v) is 5.47. The van der Waals surface area contributed by atoms with Gasteiger partial charge in [-0.2, -0.15) is 16.1 Å². The molecule has 0 bridgehead atoms. The zero-order valence-electron chi connectivity index (χ0n) is 16.9. The molecule has 0 spiro atoms. The summed E-state index contributed by atoms with van der Waals surface area (Å²) in [6, 6.07) is 1.50. The van der Waals surface area contributed by atoms with Crippen LogP contribution in [0.4, 0.5) is 0 Å². The summed E-state index contributed by atoms with van der Waals surface area (Å²) in [6.45, 7) is 11.0. The summed E-state index contributed by atoms with van der Waals surface area (Å²) in [5.74, 6) is 2.53. The molecule has 1 saturated heterocycles. The van der Waals surface area contributed by atoms with Gasteiger partial charge in [0.1, 0.15) is 10.6 Å². The number of aromatic nitrogens is 1. The molecule has 1 amide bonds. The van der Waals surface area contributed by atoms with E-state index in [1.165, 1.54) is 16.6 Å². The molecule has 1 fully saturated rings. The Morgan fingerprint density at radius 1 is 1.15 bits per heavy atom. The summed E-state index contributed by atoms with van der Waals surface area (Å²) >= 11 is 1.76. The molecule has 6 nitrogen and oxygen atoms in total. The fourth-order valence-electron chi connectivity index (χ4n) is 2.90. The molecule has 1 aliphatic rings. The Labute approximate surface area is 168 Å². The second kappa shape index (κ2) is 9.98. The zero-order chi connectivity index (χ0) is 20.0. The summed E-state index contributed by atoms with van der Waals surface area (Å²) in [4.78, 5) is 17.9. The van der Waals surface area contributed by atoms with Crippen LogP contribution in [0.2, 0.25) is 0 Å². The number of nitrogens with zero attached hydrogens (tertiary/aromatic N) is 2. The summed E-state index contributed by atoms with van der Waals surface area (Å²) in [7, 11) is -3.53. The molecule has 0 aromatic carbocycles. The van der Waals surface area contributed by atoms with Gasteiger partial charge in [-0.25, -0.2) is 8.42 Å². The number of carbonyl (C=O) groups is 1. The third-order valence-electron chi connectivity index (χ3n) is 4.73. The lowest BCUT2D eigenvalue weighted by atomic mass is 10.1. The quantitative estimate of drug-likeness (QED) is 0.672. The first kappa shape index (κ1) is 22.3. The van der Waals surface area contributed by atoms with Crippen LogP contribution in [0.25, 0.3) is 0 Å². The van der Waals surface area contributed by atoms with Crippen LogP contribution in [0.5, 0.6) is 0 Å². The van der Waals surface area contributed by atoms with Crippen LogP contribution in [0.3, 0.4) is 0 Å². The van der Waals surface area contributed by atoms with Crippen LogP contribution in [-0.2, 0) is 10.0 Å². The molecular weight excluding hydrogens is 382 g/mol. The van der Waals surface area contributed by atoms with E-state index in [1.54, 1.807) is 11.8 Å². The Balaban J connectivity index is 2.14. The molecule has 1 aromatic heterocycles. The molecule has 0 atom stereocenters. The first-order chi connectivity index (χ1) is 12.7. The molecular formula is C19H33N3O3S2. The van der Waals surface area contributed by atoms with Crippen molar-refractivity contribution in [2.45, 2.75) is 45.4 Å². The second-order valence-electron chi connectivity index (χ2n) is 7.92. The summed E-state index contributed by atoms with van der Waals surface area (Å²) < 4.78 is 27.1. The maximum Gasteiger partial charge on any atom is 0.270 e. The van der Waals surface area contributed by atoms with Crippen molar-refractivity contribution < 1.29 is 13.2 Å². The topological polar surface area (TPSA) is 73.5 Å². The first-order valence-electron chi connectivity index (χ1n) is 9.77. The summed E-state index contributed by atoms with van der Waals surface area (Å²) in [6.07, 6.45) is 3.32. The highest BCUT2D eigenvalue weighted by atomic mass is 32.2. The molecule has 2 rings (SSSR count). The Morgan fingerprint density at radius 2 is 1.70 bits per heavy atom. The van der Waals surface area contributed by atoms with Crippen molar-refractivity contribution in [1.82, 2.24) is 14.2 Å². The highest BCUT2D eigenvalue weighted by molar-refractivity contribution is 7.99. The van der Waals surface area contributed by atoms with E-state index >= 15 is 0 Å². The van der Waals surface area contributed by atoms with E-state index in [1.807, 2.05) is 4.90 Å². The molecule has 0 unspecified atom stereocenters. The Morgan fingerprint density at radius 3 is 2.22 bits per heavy atom. The van der Waals surface area contributed by atoms with Crippen molar-refractivity contribution in [2.75, 3.05) is 37.7 Å². The standard InChI is InChI=1S/C19H33N3O3S2/c1-15(2)5-7-21(8-6-16(3)4)19(23)18-13-17(14-20-18)27(24,25)22-9-11-26-12-10-22/h13-16,20H,5-12H2,1-4H3. The van der Waals surface area contributed by atoms with Crippen LogP contribution in [-0.4, -0.2) is 66.2 Å². The van der Waals surface area contributed by atoms with Crippen LogP contribution in [0.15, 0.2) is 17.2 Å². The van der Waals surface area contributed by atoms with E-state index in [9.17, 15) is 13.2 Å². The SMILES string of the molecule is CC(C)CCN(CCC(C)C)C(=O)c1cc(S(=O)(=O)N2CCSCC2)c[nH]1. The predicted molar refractivity (Wildman–Crippen MR) is 112 cm³/mol. The molecule has 1 aromatic rings. The van der Waals surface area contributed by atoms with E-state index in [0.29, 0.717) is 43.7 Å². The lowest BCUT2D eigenvalue weighted by molar-refractivity contribution is 0.0735. The molecule has 1 aliphatic heterocycles. The summed E-state index contributed by atoms with van der Waals surface area (Å²) in [5, 5.41) is 0. The van der Waals surface area contributed by atoms with Crippen molar-refractivity contribution in [1.29, 1.82) is 0 Å². The maximum atomic E-state index is 13.0. The van der Waals surface area contributed by atoms with Crippen molar-refractivity contribution in [3.63, 3.8) is 0 Å². The number of hydrogen-bond donors (Lipinski definition) is 1. The fraction of sp³-hybridized carbons (Fsp3) is 0.737. The van der Waals surface area contributed by atoms with Crippen LogP contribution in [0.1, 0.15) is 51.0 Å². The number of nitrogens with one attached hydrogen (secondary N) is 1. The van der Waals surface area contributed by atoms with E-state index in [0.717, 1.165) is 24.3 Å². The van der Waals surface area contributed by atoms with Gasteiger partial charge in [-0.05, 0) is 30.7 Å². The number of H-pyrrole nitrogens is 1. The molecule has 154 valence electrons. The van der Waals surface area contributed by atoms with Gasteiger partial charge in [0.15, 0.2) is 0 Å². The van der Waals surface area contributed by atoms with Crippen LogP contribution < -0.4 is 0 Å². The number of thioether (sulfide) groups is 1. The number of sulfonamides is 1. The molecule has 0 aliphatic carbocycles. The van der Waals surface area contributed by atoms with E-state index in [-0.39, 0.29) is 10.8 Å². The number of amides is 1. The average molecular weight is 416 g/mol. The third kappa shape index (κ3) is 6.26. The molecule has 2 heterocycles. The van der Waals surface area contributed by atoms with Crippen molar-refractivity contribution in [2.24, 2.45) is 11.8 Å². The van der Waals surface area contributed by atoms with E-state index in [2.05, 4.69) is 32.7 Å². The molecule has 27 heavy (non-hydrogen) atoms. The van der Waals surface area contributed by atoms with Crippen molar-refractivity contribution in [3.05, 3.63) is 18.0 Å². The van der Waals surface area contributed by atoms with Crippen molar-refractivity contribution in [3.8, 4) is 0 Å². The van der Waals surface area contributed by atoms with E-state index < -0.39 is 10.0 Å². The molecule has 0 radical (unpaired) electrons. The lowest BCUT2D eigenvalue weighted by Crippen LogP contribution is -2.37. The maximum absolute atomic E-state index is 13.0. The minimum atomic E-state index is -3.53. The Bertz CT molecular complexity index is 696. The van der Waals surface area contributed by atoms with Gasteiger partial charge in [0.05, 0.1) is 0 Å². The molecule has 0 saturated carbocycles. The minimum absolute atomic E-state index is 0.119. The predicted octanol–water partition coefficient (Wildman–Crippen LogP) is 3.29. The number of aromatic amines is 1. The van der Waals surface area contributed by atoms with E-state index in [4.69, 9.17) is 0 Å². The van der Waals surface area contributed by atoms with Gasteiger partial charge < -0.3 is 9.88 Å². The highest BCUT2D eigenvalue weighted by Gasteiger charge is 2.28. The average Bonchev–Trinajstić information content (AvgIpc) is 3.12. The minimum Gasteiger partial charge on any atom is -0.356 e. The normalized spacial score (nSPS) is 16.2. The third-order valence-corrected chi connectivity index (χ3v) is 7.55. The van der Waals surface area contributed by atoms with Gasteiger partial charge in [-0.1, -0.05) is 27.7 Å². The lowest BCUT2D eigenvalue weighted by Gasteiger charge is -2.25. The van der Waals surface area contributed by atoms with Gasteiger partial charge in [0, 0.05) is 43.9 Å². The molecule has 8 heteroatoms. The van der Waals surface area contributed by atoms with Gasteiger partial charge in [0.25, 0.3) is 5.91 Å². The van der Waals surface area contributed by atoms with Gasteiger partial charge in [0.2, 0.25) is 10.0 Å². The number of rotatable bonds is 9. The highest BCUT2D eigenvalue weighted by Crippen LogP contribution is 2.21. The van der Waals surface area contributed by atoms with Gasteiger partial charge in [-0.3, -0.25) is 4.79 Å². The van der Waals surface area contributed by atoms with Crippen LogP contribution in [0, 0.1) is 11.8 Å². The van der Waals surface area contributed by atoms with Crippen LogP contribution >= 0.6 is 11.8 Å². The Kier molecular flexibility index (Phi) is 8.24. The van der Waals surface area contributed by atoms with Crippen molar-refractivity contribution >= 4 is 27.7 Å². The smallest absolute Gasteiger partial charge is 0.270 e. The van der Waals surface area contributed by atoms with Gasteiger partial charge >= 0.3 is 0 Å². The largest absolute Gasteiger partial charge is 0.356 e. The zero-order valence-corrected chi connectivity index (χ0v) is 18.5. The number of hydrogen-bond acceptors (Lipinski definition) is 4. The first-order valence-corrected chi connectivity index (χ1v) is 12.4. The molecule has 1 N–H and O–H groups in total. The van der Waals surface area contributed by atoms with Gasteiger partial charge in [-0.15, -0.1) is 0 Å². The second-order valence-corrected chi connectivity index (χ2v) is 11.1. The summed E-state index contributed by atoms with van der Waals surface area (Å²) in [5.41, 5.74) is 0.354. The Hall–Kier alpha value is -0.990.